The quantitative estimate of drug-likeness (QED) is 0.656. The van der Waals surface area contributed by atoms with Crippen LogP contribution >= 0.6 is 11.8 Å². The van der Waals surface area contributed by atoms with E-state index >= 15 is 0 Å². The number of hydrogen-bond donors (Lipinski definition) is 0. The number of aryl methyl sites for hydroxylation is 1. The SMILES string of the molecule is COc1ccc(CSc2nnc(-c3ccc(C)cc3)o2)cc1. The molecular weight excluding hydrogens is 296 g/mol. The molecule has 0 aliphatic carbocycles. The third-order valence-electron chi connectivity index (χ3n) is 3.23. The smallest absolute Gasteiger partial charge is 0.277 e. The van der Waals surface area contributed by atoms with E-state index in [0.717, 1.165) is 17.1 Å². The first kappa shape index (κ1) is 14.7. The molecule has 112 valence electrons. The Morgan fingerprint density at radius 2 is 1.73 bits per heavy atom. The van der Waals surface area contributed by atoms with Gasteiger partial charge in [0.25, 0.3) is 5.22 Å². The maximum atomic E-state index is 5.69. The normalized spacial score (nSPS) is 10.6. The number of aromatic nitrogens is 2. The molecule has 5 heteroatoms. The molecule has 0 unspecified atom stereocenters. The minimum Gasteiger partial charge on any atom is -0.497 e. The minimum atomic E-state index is 0.553. The number of nitrogens with zero attached hydrogens (tertiary/aromatic N) is 2. The molecule has 0 saturated carbocycles. The number of hydrogen-bond acceptors (Lipinski definition) is 5. The second kappa shape index (κ2) is 6.66. The van der Waals surface area contributed by atoms with Crippen LogP contribution in [0.1, 0.15) is 11.1 Å². The monoisotopic (exact) mass is 312 g/mol. The summed E-state index contributed by atoms with van der Waals surface area (Å²) in [6.07, 6.45) is 0. The van der Waals surface area contributed by atoms with Crippen molar-refractivity contribution in [3.8, 4) is 17.2 Å². The van der Waals surface area contributed by atoms with Gasteiger partial charge in [0.2, 0.25) is 5.89 Å². The maximum absolute atomic E-state index is 5.69. The molecule has 0 fully saturated rings. The molecule has 1 heterocycles. The van der Waals surface area contributed by atoms with E-state index in [9.17, 15) is 0 Å². The summed E-state index contributed by atoms with van der Waals surface area (Å²) >= 11 is 1.52. The van der Waals surface area contributed by atoms with Gasteiger partial charge in [-0.3, -0.25) is 0 Å². The Kier molecular flexibility index (Phi) is 4.44. The summed E-state index contributed by atoms with van der Waals surface area (Å²) in [5.41, 5.74) is 3.33. The van der Waals surface area contributed by atoms with E-state index in [1.807, 2.05) is 55.5 Å². The number of thioether (sulfide) groups is 1. The molecule has 0 radical (unpaired) electrons. The van der Waals surface area contributed by atoms with Crippen LogP contribution in [0, 0.1) is 6.92 Å². The number of ether oxygens (including phenoxy) is 1. The van der Waals surface area contributed by atoms with Gasteiger partial charge in [0.15, 0.2) is 0 Å². The fourth-order valence-electron chi connectivity index (χ4n) is 1.95. The summed E-state index contributed by atoms with van der Waals surface area (Å²) in [6.45, 7) is 2.05. The van der Waals surface area contributed by atoms with Gasteiger partial charge >= 0.3 is 0 Å². The Morgan fingerprint density at radius 1 is 1.00 bits per heavy atom. The Bertz CT molecular complexity index is 736. The van der Waals surface area contributed by atoms with Gasteiger partial charge < -0.3 is 9.15 Å². The second-order valence-corrected chi connectivity index (χ2v) is 5.80. The van der Waals surface area contributed by atoms with E-state index in [2.05, 4.69) is 10.2 Å². The summed E-state index contributed by atoms with van der Waals surface area (Å²) < 4.78 is 10.8. The molecule has 0 aliphatic heterocycles. The second-order valence-electron chi connectivity index (χ2n) is 4.88. The number of rotatable bonds is 5. The standard InChI is InChI=1S/C17H16N2O2S/c1-12-3-7-14(8-4-12)16-18-19-17(21-16)22-11-13-5-9-15(20-2)10-6-13/h3-10H,11H2,1-2H3. The lowest BCUT2D eigenvalue weighted by molar-refractivity contribution is 0.414. The van der Waals surface area contributed by atoms with Crippen LogP contribution < -0.4 is 4.74 Å². The van der Waals surface area contributed by atoms with Crippen molar-refractivity contribution in [3.63, 3.8) is 0 Å². The van der Waals surface area contributed by atoms with Crippen molar-refractivity contribution >= 4 is 11.8 Å². The van der Waals surface area contributed by atoms with E-state index in [1.54, 1.807) is 7.11 Å². The molecule has 1 aromatic heterocycles. The van der Waals surface area contributed by atoms with Crippen molar-refractivity contribution in [2.24, 2.45) is 0 Å². The largest absolute Gasteiger partial charge is 0.497 e. The van der Waals surface area contributed by atoms with Gasteiger partial charge in [0.05, 0.1) is 7.11 Å². The first-order valence-corrected chi connectivity index (χ1v) is 7.89. The Balaban J connectivity index is 1.65. The topological polar surface area (TPSA) is 48.2 Å². The van der Waals surface area contributed by atoms with Crippen molar-refractivity contribution in [1.82, 2.24) is 10.2 Å². The van der Waals surface area contributed by atoms with Crippen molar-refractivity contribution in [2.45, 2.75) is 17.9 Å². The zero-order valence-corrected chi connectivity index (χ0v) is 13.3. The van der Waals surface area contributed by atoms with Gasteiger partial charge in [0.1, 0.15) is 5.75 Å². The van der Waals surface area contributed by atoms with E-state index in [4.69, 9.17) is 9.15 Å². The Hall–Kier alpha value is -2.27. The lowest BCUT2D eigenvalue weighted by Crippen LogP contribution is -1.84. The predicted octanol–water partition coefficient (Wildman–Crippen LogP) is 4.35. The van der Waals surface area contributed by atoms with Crippen LogP contribution in [0.5, 0.6) is 5.75 Å². The van der Waals surface area contributed by atoms with Gasteiger partial charge in [-0.15, -0.1) is 10.2 Å². The zero-order valence-electron chi connectivity index (χ0n) is 12.4. The fourth-order valence-corrected chi connectivity index (χ4v) is 2.67. The zero-order chi connectivity index (χ0) is 15.4. The van der Waals surface area contributed by atoms with Crippen molar-refractivity contribution < 1.29 is 9.15 Å². The average molecular weight is 312 g/mol. The van der Waals surface area contributed by atoms with E-state index in [-0.39, 0.29) is 0 Å². The first-order chi connectivity index (χ1) is 10.7. The molecule has 0 saturated heterocycles. The van der Waals surface area contributed by atoms with Crippen molar-refractivity contribution in [1.29, 1.82) is 0 Å². The summed E-state index contributed by atoms with van der Waals surface area (Å²) in [5.74, 6) is 2.19. The predicted molar refractivity (Wildman–Crippen MR) is 87.0 cm³/mol. The number of benzene rings is 2. The lowest BCUT2D eigenvalue weighted by atomic mass is 10.1. The third kappa shape index (κ3) is 3.49. The van der Waals surface area contributed by atoms with Crippen LogP contribution in [0.3, 0.4) is 0 Å². The molecule has 0 spiro atoms. The van der Waals surface area contributed by atoms with Crippen LogP contribution in [-0.4, -0.2) is 17.3 Å². The van der Waals surface area contributed by atoms with Gasteiger partial charge in [-0.2, -0.15) is 0 Å². The average Bonchev–Trinajstić information content (AvgIpc) is 3.03. The Morgan fingerprint density at radius 3 is 2.41 bits per heavy atom. The van der Waals surface area contributed by atoms with Gasteiger partial charge in [-0.25, -0.2) is 0 Å². The summed E-state index contributed by atoms with van der Waals surface area (Å²) in [5, 5.41) is 8.76. The van der Waals surface area contributed by atoms with E-state index in [0.29, 0.717) is 11.1 Å². The Labute approximate surface area is 133 Å². The highest BCUT2D eigenvalue weighted by Gasteiger charge is 2.09. The lowest BCUT2D eigenvalue weighted by Gasteiger charge is -2.01. The molecule has 3 aromatic rings. The molecule has 0 aliphatic rings. The molecular formula is C17H16N2O2S. The van der Waals surface area contributed by atoms with Crippen LogP contribution in [-0.2, 0) is 5.75 Å². The summed E-state index contributed by atoms with van der Waals surface area (Å²) in [4.78, 5) is 0. The molecule has 0 bridgehead atoms. The molecule has 0 amide bonds. The van der Waals surface area contributed by atoms with E-state index in [1.165, 1.54) is 22.9 Å². The van der Waals surface area contributed by atoms with Crippen molar-refractivity contribution in [3.05, 3.63) is 59.7 Å². The first-order valence-electron chi connectivity index (χ1n) is 6.91. The highest BCUT2D eigenvalue weighted by atomic mass is 32.2. The van der Waals surface area contributed by atoms with Crippen LogP contribution in [0.15, 0.2) is 58.2 Å². The molecule has 3 rings (SSSR count). The molecule has 22 heavy (non-hydrogen) atoms. The fraction of sp³-hybridized carbons (Fsp3) is 0.176. The number of methoxy groups -OCH3 is 1. The summed E-state index contributed by atoms with van der Waals surface area (Å²) in [7, 11) is 1.66. The van der Waals surface area contributed by atoms with Crippen LogP contribution in [0.2, 0.25) is 0 Å². The highest BCUT2D eigenvalue weighted by molar-refractivity contribution is 7.98. The van der Waals surface area contributed by atoms with E-state index < -0.39 is 0 Å². The molecule has 4 nitrogen and oxygen atoms in total. The molecule has 0 N–H and O–H groups in total. The van der Waals surface area contributed by atoms with Crippen LogP contribution in [0.25, 0.3) is 11.5 Å². The van der Waals surface area contributed by atoms with Gasteiger partial charge in [0, 0.05) is 11.3 Å². The van der Waals surface area contributed by atoms with Gasteiger partial charge in [-0.1, -0.05) is 41.6 Å². The highest BCUT2D eigenvalue weighted by Crippen LogP contribution is 2.26. The van der Waals surface area contributed by atoms with Crippen molar-refractivity contribution in [2.75, 3.05) is 7.11 Å². The third-order valence-corrected chi connectivity index (χ3v) is 4.12. The van der Waals surface area contributed by atoms with Gasteiger partial charge in [-0.05, 0) is 36.8 Å². The molecule has 2 aromatic carbocycles. The molecule has 0 atom stereocenters. The summed E-state index contributed by atoms with van der Waals surface area (Å²) in [6, 6.07) is 16.0. The van der Waals surface area contributed by atoms with Crippen LogP contribution in [0.4, 0.5) is 0 Å². The maximum Gasteiger partial charge on any atom is 0.277 e. The minimum absolute atomic E-state index is 0.553.